The number of carbonyl (C=O) groups excluding carboxylic acids is 1. The summed E-state index contributed by atoms with van der Waals surface area (Å²) >= 11 is 0. The molecule has 0 aliphatic heterocycles. The number of hydrogen-bond acceptors (Lipinski definition) is 4. The Morgan fingerprint density at radius 1 is 1.44 bits per heavy atom. The van der Waals surface area contributed by atoms with E-state index in [4.69, 9.17) is 9.52 Å². The van der Waals surface area contributed by atoms with Crippen LogP contribution in [0.4, 0.5) is 0 Å². The second kappa shape index (κ2) is 5.29. The quantitative estimate of drug-likeness (QED) is 0.727. The van der Waals surface area contributed by atoms with Gasteiger partial charge in [-0.3, -0.25) is 9.59 Å². The summed E-state index contributed by atoms with van der Waals surface area (Å²) in [5, 5.41) is 11.0. The van der Waals surface area contributed by atoms with E-state index in [1.54, 1.807) is 13.8 Å². The molecule has 6 heteroatoms. The summed E-state index contributed by atoms with van der Waals surface area (Å²) in [4.78, 5) is 25.7. The lowest BCUT2D eigenvalue weighted by Gasteiger charge is -2.01. The van der Waals surface area contributed by atoms with Crippen LogP contribution in [0.2, 0.25) is 0 Å². The molecule has 6 nitrogen and oxygen atoms in total. The number of nitrogens with zero attached hydrogens (tertiary/aromatic N) is 1. The van der Waals surface area contributed by atoms with E-state index in [1.807, 2.05) is 0 Å². The van der Waals surface area contributed by atoms with Gasteiger partial charge in [0.2, 0.25) is 5.76 Å². The Bertz CT molecular complexity index is 398. The Morgan fingerprint density at radius 2 is 2.12 bits per heavy atom. The molecule has 0 aliphatic carbocycles. The molecule has 88 valence electrons. The van der Waals surface area contributed by atoms with E-state index in [1.165, 1.54) is 0 Å². The number of aromatic nitrogens is 1. The fourth-order valence-corrected chi connectivity index (χ4v) is 1.26. The molecule has 1 aromatic rings. The molecule has 0 aromatic carbocycles. The SMILES string of the molecule is Cc1nc(C)c(C(=O)NCCCC(=O)O)o1. The van der Waals surface area contributed by atoms with E-state index in [0.717, 1.165) is 0 Å². The van der Waals surface area contributed by atoms with Gasteiger partial charge in [-0.25, -0.2) is 4.98 Å². The number of aryl methyl sites for hydroxylation is 2. The Morgan fingerprint density at radius 3 is 2.62 bits per heavy atom. The number of amides is 1. The number of hydrogen-bond donors (Lipinski definition) is 2. The third kappa shape index (κ3) is 3.38. The van der Waals surface area contributed by atoms with Crippen molar-refractivity contribution in [2.45, 2.75) is 26.7 Å². The zero-order chi connectivity index (χ0) is 12.1. The monoisotopic (exact) mass is 226 g/mol. The number of rotatable bonds is 5. The van der Waals surface area contributed by atoms with E-state index >= 15 is 0 Å². The van der Waals surface area contributed by atoms with Crippen LogP contribution in [0.15, 0.2) is 4.42 Å². The first-order chi connectivity index (χ1) is 7.50. The smallest absolute Gasteiger partial charge is 0.303 e. The molecule has 0 saturated heterocycles. The summed E-state index contributed by atoms with van der Waals surface area (Å²) in [7, 11) is 0. The topological polar surface area (TPSA) is 92.4 Å². The highest BCUT2D eigenvalue weighted by molar-refractivity contribution is 5.92. The van der Waals surface area contributed by atoms with Crippen LogP contribution in [-0.2, 0) is 4.79 Å². The molecule has 1 aromatic heterocycles. The minimum absolute atomic E-state index is 0.0364. The molecular weight excluding hydrogens is 212 g/mol. The number of carboxylic acid groups (broad SMARTS) is 1. The summed E-state index contributed by atoms with van der Waals surface area (Å²) in [5.74, 6) is -0.606. The van der Waals surface area contributed by atoms with Gasteiger partial charge in [0, 0.05) is 19.9 Å². The van der Waals surface area contributed by atoms with Crippen LogP contribution in [0.25, 0.3) is 0 Å². The normalized spacial score (nSPS) is 10.1. The molecule has 0 aliphatic rings. The zero-order valence-electron chi connectivity index (χ0n) is 9.24. The molecule has 0 fully saturated rings. The number of carboxylic acids is 1. The minimum Gasteiger partial charge on any atom is -0.481 e. The summed E-state index contributed by atoms with van der Waals surface area (Å²) in [6, 6.07) is 0. The second-order valence-corrected chi connectivity index (χ2v) is 3.40. The zero-order valence-corrected chi connectivity index (χ0v) is 9.24. The minimum atomic E-state index is -0.874. The first-order valence-electron chi connectivity index (χ1n) is 4.94. The predicted octanol–water partition coefficient (Wildman–Crippen LogP) is 0.886. The molecule has 1 amide bonds. The average molecular weight is 226 g/mol. The number of carbonyl (C=O) groups is 2. The fourth-order valence-electron chi connectivity index (χ4n) is 1.26. The summed E-state index contributed by atoms with van der Waals surface area (Å²) < 4.78 is 5.11. The van der Waals surface area contributed by atoms with Crippen molar-refractivity contribution in [2.75, 3.05) is 6.54 Å². The van der Waals surface area contributed by atoms with Crippen LogP contribution in [0.5, 0.6) is 0 Å². The van der Waals surface area contributed by atoms with Gasteiger partial charge in [-0.05, 0) is 13.3 Å². The second-order valence-electron chi connectivity index (χ2n) is 3.40. The van der Waals surface area contributed by atoms with Crippen LogP contribution < -0.4 is 5.32 Å². The lowest BCUT2D eigenvalue weighted by Crippen LogP contribution is -2.25. The van der Waals surface area contributed by atoms with E-state index in [0.29, 0.717) is 24.6 Å². The maximum absolute atomic E-state index is 11.5. The average Bonchev–Trinajstić information content (AvgIpc) is 2.52. The van der Waals surface area contributed by atoms with Gasteiger partial charge in [0.25, 0.3) is 5.91 Å². The van der Waals surface area contributed by atoms with Crippen molar-refractivity contribution in [2.24, 2.45) is 0 Å². The molecule has 0 saturated carbocycles. The molecule has 16 heavy (non-hydrogen) atoms. The predicted molar refractivity (Wildman–Crippen MR) is 55.2 cm³/mol. The van der Waals surface area contributed by atoms with Crippen LogP contribution in [0.1, 0.15) is 35.0 Å². The van der Waals surface area contributed by atoms with Gasteiger partial charge in [0.15, 0.2) is 5.89 Å². The van der Waals surface area contributed by atoms with Gasteiger partial charge in [0.1, 0.15) is 0 Å². The van der Waals surface area contributed by atoms with Gasteiger partial charge in [-0.15, -0.1) is 0 Å². The molecule has 0 unspecified atom stereocenters. The summed E-state index contributed by atoms with van der Waals surface area (Å²) in [6.45, 7) is 3.65. The van der Waals surface area contributed by atoms with Crippen molar-refractivity contribution in [3.63, 3.8) is 0 Å². The first-order valence-corrected chi connectivity index (χ1v) is 4.94. The maximum Gasteiger partial charge on any atom is 0.303 e. The number of nitrogens with one attached hydrogen (secondary N) is 1. The van der Waals surface area contributed by atoms with Crippen LogP contribution in [0.3, 0.4) is 0 Å². The molecule has 0 spiro atoms. The van der Waals surface area contributed by atoms with Crippen molar-refractivity contribution in [1.82, 2.24) is 10.3 Å². The van der Waals surface area contributed by atoms with Gasteiger partial charge in [-0.2, -0.15) is 0 Å². The Labute approximate surface area is 92.7 Å². The van der Waals surface area contributed by atoms with Crippen molar-refractivity contribution in [3.8, 4) is 0 Å². The van der Waals surface area contributed by atoms with E-state index < -0.39 is 5.97 Å². The summed E-state index contributed by atoms with van der Waals surface area (Å²) in [6.07, 6.45) is 0.432. The van der Waals surface area contributed by atoms with E-state index in [9.17, 15) is 9.59 Å². The molecule has 1 heterocycles. The van der Waals surface area contributed by atoms with Crippen LogP contribution >= 0.6 is 0 Å². The van der Waals surface area contributed by atoms with Crippen molar-refractivity contribution in [3.05, 3.63) is 17.3 Å². The van der Waals surface area contributed by atoms with Crippen LogP contribution in [-0.4, -0.2) is 28.5 Å². The van der Waals surface area contributed by atoms with Gasteiger partial charge < -0.3 is 14.8 Å². The van der Waals surface area contributed by atoms with E-state index in [-0.39, 0.29) is 18.1 Å². The highest BCUT2D eigenvalue weighted by Gasteiger charge is 2.14. The van der Waals surface area contributed by atoms with Crippen molar-refractivity contribution in [1.29, 1.82) is 0 Å². The summed E-state index contributed by atoms with van der Waals surface area (Å²) in [5.41, 5.74) is 0.535. The highest BCUT2D eigenvalue weighted by Crippen LogP contribution is 2.08. The Hall–Kier alpha value is -1.85. The third-order valence-corrected chi connectivity index (χ3v) is 1.96. The Balaban J connectivity index is 2.41. The molecule has 0 bridgehead atoms. The number of oxazole rings is 1. The lowest BCUT2D eigenvalue weighted by atomic mass is 10.3. The number of aliphatic carboxylic acids is 1. The molecule has 2 N–H and O–H groups in total. The van der Waals surface area contributed by atoms with Gasteiger partial charge in [0.05, 0.1) is 5.69 Å². The molecule has 1 rings (SSSR count). The third-order valence-electron chi connectivity index (χ3n) is 1.96. The van der Waals surface area contributed by atoms with Crippen molar-refractivity contribution < 1.29 is 19.1 Å². The van der Waals surface area contributed by atoms with Crippen molar-refractivity contribution >= 4 is 11.9 Å². The van der Waals surface area contributed by atoms with Crippen LogP contribution in [0, 0.1) is 13.8 Å². The van der Waals surface area contributed by atoms with Gasteiger partial charge in [-0.1, -0.05) is 0 Å². The molecular formula is C10H14N2O4. The molecule has 0 radical (unpaired) electrons. The Kier molecular flexibility index (Phi) is 4.04. The first kappa shape index (κ1) is 12.2. The maximum atomic E-state index is 11.5. The lowest BCUT2D eigenvalue weighted by molar-refractivity contribution is -0.137. The highest BCUT2D eigenvalue weighted by atomic mass is 16.4. The van der Waals surface area contributed by atoms with E-state index in [2.05, 4.69) is 10.3 Å². The standard InChI is InChI=1S/C10H14N2O4/c1-6-9(16-7(2)12-6)10(15)11-5-3-4-8(13)14/h3-5H2,1-2H3,(H,11,15)(H,13,14). The van der Waals surface area contributed by atoms with Gasteiger partial charge >= 0.3 is 5.97 Å². The molecule has 0 atom stereocenters. The fraction of sp³-hybridized carbons (Fsp3) is 0.500. The largest absolute Gasteiger partial charge is 0.481 e.